The van der Waals surface area contributed by atoms with Gasteiger partial charge in [0, 0.05) is 12.8 Å². The number of rotatable bonds is 1. The highest BCUT2D eigenvalue weighted by Gasteiger charge is 2.32. The first-order valence-corrected chi connectivity index (χ1v) is 5.71. The van der Waals surface area contributed by atoms with Gasteiger partial charge in [0.15, 0.2) is 6.04 Å². The molecule has 2 saturated heterocycles. The summed E-state index contributed by atoms with van der Waals surface area (Å²) < 4.78 is 0. The first-order chi connectivity index (χ1) is 6.77. The van der Waals surface area contributed by atoms with Crippen molar-refractivity contribution in [3.63, 3.8) is 0 Å². The Kier molecular flexibility index (Phi) is 3.03. The predicted molar refractivity (Wildman–Crippen MR) is 53.0 cm³/mol. The molecule has 2 fully saturated rings. The van der Waals surface area contributed by atoms with Gasteiger partial charge in [-0.15, -0.1) is 0 Å². The van der Waals surface area contributed by atoms with Crippen molar-refractivity contribution in [3.8, 4) is 0 Å². The Balaban J connectivity index is 1.85. The maximum Gasteiger partial charge on any atom is 0.281 e. The Labute approximate surface area is 85.2 Å². The molecule has 0 aromatic carbocycles. The molecule has 0 aliphatic carbocycles. The van der Waals surface area contributed by atoms with Crippen LogP contribution in [0.15, 0.2) is 0 Å². The number of nitrogens with one attached hydrogen (secondary N) is 1. The van der Waals surface area contributed by atoms with Gasteiger partial charge in [-0.05, 0) is 0 Å². The molecular formula is C10H21N3O+2. The summed E-state index contributed by atoms with van der Waals surface area (Å²) in [5, 5.41) is 2.20. The van der Waals surface area contributed by atoms with E-state index in [1.165, 1.54) is 6.42 Å². The number of piperazine rings is 1. The zero-order chi connectivity index (χ0) is 9.97. The van der Waals surface area contributed by atoms with Gasteiger partial charge in [0.25, 0.3) is 5.91 Å². The van der Waals surface area contributed by atoms with Crippen molar-refractivity contribution in [1.82, 2.24) is 4.90 Å². The third-order valence-electron chi connectivity index (χ3n) is 3.42. The lowest BCUT2D eigenvalue weighted by atomic mass is 10.2. The number of amides is 1. The average molecular weight is 199 g/mol. The summed E-state index contributed by atoms with van der Waals surface area (Å²) in [6.45, 7) is 5.26. The van der Waals surface area contributed by atoms with Crippen LogP contribution < -0.4 is 10.2 Å². The quantitative estimate of drug-likeness (QED) is 0.466. The monoisotopic (exact) mass is 199 g/mol. The molecule has 0 aromatic rings. The number of quaternary nitrogens is 2. The van der Waals surface area contributed by atoms with E-state index in [0.29, 0.717) is 5.91 Å². The Morgan fingerprint density at radius 3 is 2.71 bits per heavy atom. The van der Waals surface area contributed by atoms with Crippen molar-refractivity contribution in [2.45, 2.75) is 18.9 Å². The summed E-state index contributed by atoms with van der Waals surface area (Å²) in [5.74, 6) is 0.384. The minimum atomic E-state index is 0.244. The summed E-state index contributed by atoms with van der Waals surface area (Å²) in [6, 6.07) is 0.244. The van der Waals surface area contributed by atoms with Gasteiger partial charge in [0.1, 0.15) is 0 Å². The van der Waals surface area contributed by atoms with E-state index in [-0.39, 0.29) is 6.04 Å². The normalized spacial score (nSPS) is 29.5. The Bertz CT molecular complexity index is 205. The zero-order valence-corrected chi connectivity index (χ0v) is 8.96. The molecule has 0 aromatic heterocycles. The molecule has 2 heterocycles. The molecule has 80 valence electrons. The van der Waals surface area contributed by atoms with Gasteiger partial charge in [-0.3, -0.25) is 4.79 Å². The van der Waals surface area contributed by atoms with Crippen LogP contribution in [0.4, 0.5) is 0 Å². The molecule has 1 amide bonds. The summed E-state index contributed by atoms with van der Waals surface area (Å²) >= 11 is 0. The van der Waals surface area contributed by atoms with Crippen LogP contribution in [-0.2, 0) is 4.79 Å². The van der Waals surface area contributed by atoms with Gasteiger partial charge in [0.05, 0.1) is 39.8 Å². The van der Waals surface area contributed by atoms with E-state index in [1.807, 2.05) is 0 Å². The highest BCUT2D eigenvalue weighted by Crippen LogP contribution is 2.02. The van der Waals surface area contributed by atoms with Crippen molar-refractivity contribution in [3.05, 3.63) is 0 Å². The molecule has 14 heavy (non-hydrogen) atoms. The number of hydrogen-bond acceptors (Lipinski definition) is 1. The predicted octanol–water partition coefficient (Wildman–Crippen LogP) is -2.93. The van der Waals surface area contributed by atoms with Gasteiger partial charge in [0.2, 0.25) is 0 Å². The standard InChI is InChI=1S/C10H19N3O/c1-12-5-7-13(8-6-12)10(14)9-3-2-4-11-9/h9,11H,2-8H2,1H3/p+2/t9-/m1/s1. The highest BCUT2D eigenvalue weighted by molar-refractivity contribution is 5.80. The molecule has 2 aliphatic heterocycles. The highest BCUT2D eigenvalue weighted by atomic mass is 16.2. The molecular weight excluding hydrogens is 178 g/mol. The number of nitrogens with zero attached hydrogens (tertiary/aromatic N) is 1. The van der Waals surface area contributed by atoms with Crippen LogP contribution in [-0.4, -0.2) is 56.6 Å². The zero-order valence-electron chi connectivity index (χ0n) is 8.96. The van der Waals surface area contributed by atoms with E-state index >= 15 is 0 Å². The van der Waals surface area contributed by atoms with Crippen LogP contribution in [0.5, 0.6) is 0 Å². The number of carbonyl (C=O) groups excluding carboxylic acids is 1. The lowest BCUT2D eigenvalue weighted by Crippen LogP contribution is -3.12. The molecule has 2 aliphatic rings. The van der Waals surface area contributed by atoms with Crippen molar-refractivity contribution in [2.75, 3.05) is 39.8 Å². The van der Waals surface area contributed by atoms with Crippen LogP contribution in [0.3, 0.4) is 0 Å². The van der Waals surface area contributed by atoms with E-state index in [0.717, 1.165) is 39.1 Å². The maximum atomic E-state index is 12.0. The second-order valence-corrected chi connectivity index (χ2v) is 4.56. The second-order valence-electron chi connectivity index (χ2n) is 4.56. The Morgan fingerprint density at radius 1 is 1.43 bits per heavy atom. The summed E-state index contributed by atoms with van der Waals surface area (Å²) in [5.41, 5.74) is 0. The smallest absolute Gasteiger partial charge is 0.281 e. The molecule has 3 N–H and O–H groups in total. The molecule has 2 rings (SSSR count). The minimum Gasteiger partial charge on any atom is -0.336 e. The first-order valence-electron chi connectivity index (χ1n) is 5.71. The average Bonchev–Trinajstić information content (AvgIpc) is 2.71. The van der Waals surface area contributed by atoms with E-state index < -0.39 is 0 Å². The van der Waals surface area contributed by atoms with Crippen molar-refractivity contribution in [1.29, 1.82) is 0 Å². The van der Waals surface area contributed by atoms with E-state index in [9.17, 15) is 4.79 Å². The molecule has 4 heteroatoms. The van der Waals surface area contributed by atoms with Crippen LogP contribution in [0.25, 0.3) is 0 Å². The third kappa shape index (κ3) is 2.07. The maximum absolute atomic E-state index is 12.0. The van der Waals surface area contributed by atoms with Crippen LogP contribution in [0.1, 0.15) is 12.8 Å². The molecule has 4 nitrogen and oxygen atoms in total. The van der Waals surface area contributed by atoms with Crippen molar-refractivity contribution in [2.24, 2.45) is 0 Å². The summed E-state index contributed by atoms with van der Waals surface area (Å²) in [6.07, 6.45) is 2.29. The number of hydrogen-bond donors (Lipinski definition) is 2. The molecule has 0 radical (unpaired) electrons. The minimum absolute atomic E-state index is 0.244. The third-order valence-corrected chi connectivity index (χ3v) is 3.42. The second kappa shape index (κ2) is 4.28. The van der Waals surface area contributed by atoms with Crippen LogP contribution >= 0.6 is 0 Å². The number of likely N-dealkylation sites (N-methyl/N-ethyl adjacent to an activating group) is 1. The topological polar surface area (TPSA) is 41.4 Å². The van der Waals surface area contributed by atoms with E-state index in [2.05, 4.69) is 17.3 Å². The Hall–Kier alpha value is -0.610. The molecule has 0 saturated carbocycles. The molecule has 0 spiro atoms. The lowest BCUT2D eigenvalue weighted by molar-refractivity contribution is -0.883. The van der Waals surface area contributed by atoms with Crippen molar-refractivity contribution < 1.29 is 15.0 Å². The molecule has 0 bridgehead atoms. The molecule has 0 unspecified atom stereocenters. The fourth-order valence-corrected chi connectivity index (χ4v) is 2.34. The van der Waals surface area contributed by atoms with E-state index in [4.69, 9.17) is 0 Å². The number of carbonyl (C=O) groups is 1. The Morgan fingerprint density at radius 2 is 2.14 bits per heavy atom. The van der Waals surface area contributed by atoms with Gasteiger partial charge >= 0.3 is 0 Å². The van der Waals surface area contributed by atoms with Gasteiger partial charge in [-0.25, -0.2) is 0 Å². The summed E-state index contributed by atoms with van der Waals surface area (Å²) in [4.78, 5) is 15.6. The van der Waals surface area contributed by atoms with Crippen LogP contribution in [0, 0.1) is 0 Å². The first kappa shape index (κ1) is 9.93. The fraction of sp³-hybridized carbons (Fsp3) is 0.900. The SMILES string of the molecule is C[NH+]1CCN(C(=O)[C@H]2CCC[NH2+]2)CC1. The largest absolute Gasteiger partial charge is 0.336 e. The van der Waals surface area contributed by atoms with Gasteiger partial charge < -0.3 is 15.1 Å². The van der Waals surface area contributed by atoms with Gasteiger partial charge in [-0.1, -0.05) is 0 Å². The van der Waals surface area contributed by atoms with Crippen molar-refractivity contribution >= 4 is 5.91 Å². The number of nitrogens with two attached hydrogens (primary N) is 1. The fourth-order valence-electron chi connectivity index (χ4n) is 2.34. The molecule has 1 atom stereocenters. The van der Waals surface area contributed by atoms with E-state index in [1.54, 1.807) is 4.90 Å². The van der Waals surface area contributed by atoms with Gasteiger partial charge in [-0.2, -0.15) is 0 Å². The van der Waals surface area contributed by atoms with Crippen LogP contribution in [0.2, 0.25) is 0 Å². The lowest BCUT2D eigenvalue weighted by Gasteiger charge is -2.30. The summed E-state index contributed by atoms with van der Waals surface area (Å²) in [7, 11) is 2.20.